The van der Waals surface area contributed by atoms with E-state index < -0.39 is 26.6 Å². The van der Waals surface area contributed by atoms with Crippen LogP contribution in [0.3, 0.4) is 0 Å². The van der Waals surface area contributed by atoms with Crippen LogP contribution in [0.25, 0.3) is 0 Å². The summed E-state index contributed by atoms with van der Waals surface area (Å²) in [6, 6.07) is 3.40. The van der Waals surface area contributed by atoms with Gasteiger partial charge < -0.3 is 5.32 Å². The highest BCUT2D eigenvalue weighted by molar-refractivity contribution is 7.89. The van der Waals surface area contributed by atoms with Gasteiger partial charge in [-0.25, -0.2) is 17.2 Å². The van der Waals surface area contributed by atoms with Crippen LogP contribution >= 0.6 is 0 Å². The normalized spacial score (nSPS) is 24.7. The molecule has 2 heterocycles. The minimum Gasteiger partial charge on any atom is -0.314 e. The van der Waals surface area contributed by atoms with Crippen molar-refractivity contribution in [3.05, 3.63) is 29.8 Å². The van der Waals surface area contributed by atoms with Crippen molar-refractivity contribution in [2.45, 2.75) is 17.4 Å². The SMILES string of the molecule is O=S(=O)(c1cccc(F)c1F)N1CCC(N2CCNCC2)C1. The van der Waals surface area contributed by atoms with Crippen molar-refractivity contribution in [1.82, 2.24) is 14.5 Å². The molecule has 8 heteroatoms. The van der Waals surface area contributed by atoms with Gasteiger partial charge in [0.1, 0.15) is 4.90 Å². The predicted octanol–water partition coefficient (Wildman–Crippen LogP) is 0.633. The lowest BCUT2D eigenvalue weighted by molar-refractivity contribution is 0.179. The number of hydrogen-bond acceptors (Lipinski definition) is 4. The second kappa shape index (κ2) is 6.19. The summed E-state index contributed by atoms with van der Waals surface area (Å²) >= 11 is 0. The Balaban J connectivity index is 1.78. The molecule has 2 aliphatic rings. The van der Waals surface area contributed by atoms with Crippen LogP contribution in [-0.2, 0) is 10.0 Å². The highest BCUT2D eigenvalue weighted by Crippen LogP contribution is 2.26. The third-order valence-electron chi connectivity index (χ3n) is 4.33. The summed E-state index contributed by atoms with van der Waals surface area (Å²) in [5.74, 6) is -2.44. The molecule has 0 bridgehead atoms. The van der Waals surface area contributed by atoms with Gasteiger partial charge in [0.25, 0.3) is 0 Å². The summed E-state index contributed by atoms with van der Waals surface area (Å²) in [5, 5.41) is 3.25. The standard InChI is InChI=1S/C14H19F2N3O2S/c15-12-2-1-3-13(14(12)16)22(20,21)19-7-4-11(10-19)18-8-5-17-6-9-18/h1-3,11,17H,4-10H2. The first kappa shape index (κ1) is 15.8. The third-order valence-corrected chi connectivity index (χ3v) is 6.21. The molecule has 5 nitrogen and oxygen atoms in total. The van der Waals surface area contributed by atoms with Gasteiger partial charge in [-0.2, -0.15) is 4.31 Å². The topological polar surface area (TPSA) is 52.7 Å². The summed E-state index contributed by atoms with van der Waals surface area (Å²) in [5.41, 5.74) is 0. The number of sulfonamides is 1. The number of nitrogens with one attached hydrogen (secondary N) is 1. The number of benzene rings is 1. The maximum absolute atomic E-state index is 13.8. The zero-order valence-corrected chi connectivity index (χ0v) is 13.0. The van der Waals surface area contributed by atoms with Crippen molar-refractivity contribution in [1.29, 1.82) is 0 Å². The van der Waals surface area contributed by atoms with Gasteiger partial charge in [-0.05, 0) is 18.6 Å². The van der Waals surface area contributed by atoms with Crippen molar-refractivity contribution >= 4 is 10.0 Å². The van der Waals surface area contributed by atoms with E-state index in [0.29, 0.717) is 13.1 Å². The first-order chi connectivity index (χ1) is 10.5. The van der Waals surface area contributed by atoms with E-state index in [2.05, 4.69) is 10.2 Å². The zero-order chi connectivity index (χ0) is 15.7. The third kappa shape index (κ3) is 2.88. The first-order valence-electron chi connectivity index (χ1n) is 7.39. The molecule has 0 aromatic heterocycles. The molecule has 0 saturated carbocycles. The Labute approximate surface area is 129 Å². The van der Waals surface area contributed by atoms with Crippen molar-refractivity contribution in [3.63, 3.8) is 0 Å². The molecule has 22 heavy (non-hydrogen) atoms. The molecule has 0 spiro atoms. The monoisotopic (exact) mass is 331 g/mol. The fourth-order valence-electron chi connectivity index (χ4n) is 3.10. The molecular weight excluding hydrogens is 312 g/mol. The summed E-state index contributed by atoms with van der Waals surface area (Å²) in [6.45, 7) is 4.22. The van der Waals surface area contributed by atoms with Gasteiger partial charge >= 0.3 is 0 Å². The Kier molecular flexibility index (Phi) is 4.44. The Hall–Kier alpha value is -1.09. The van der Waals surface area contributed by atoms with E-state index in [0.717, 1.165) is 44.7 Å². The second-order valence-electron chi connectivity index (χ2n) is 5.64. The molecule has 2 saturated heterocycles. The van der Waals surface area contributed by atoms with Crippen LogP contribution < -0.4 is 5.32 Å². The average Bonchev–Trinajstić information content (AvgIpc) is 3.01. The van der Waals surface area contributed by atoms with E-state index in [1.54, 1.807) is 0 Å². The van der Waals surface area contributed by atoms with E-state index in [-0.39, 0.29) is 6.04 Å². The molecule has 1 N–H and O–H groups in total. The molecule has 1 aromatic carbocycles. The van der Waals surface area contributed by atoms with E-state index >= 15 is 0 Å². The van der Waals surface area contributed by atoms with Gasteiger partial charge in [0.15, 0.2) is 11.6 Å². The Morgan fingerprint density at radius 1 is 1.14 bits per heavy atom. The zero-order valence-electron chi connectivity index (χ0n) is 12.1. The number of halogens is 2. The largest absolute Gasteiger partial charge is 0.314 e. The van der Waals surface area contributed by atoms with E-state index in [1.807, 2.05) is 0 Å². The molecule has 2 fully saturated rings. The van der Waals surface area contributed by atoms with Gasteiger partial charge in [-0.1, -0.05) is 6.07 Å². The van der Waals surface area contributed by atoms with Gasteiger partial charge in [0, 0.05) is 45.3 Å². The van der Waals surface area contributed by atoms with E-state index in [4.69, 9.17) is 0 Å². The highest BCUT2D eigenvalue weighted by Gasteiger charge is 2.37. The highest BCUT2D eigenvalue weighted by atomic mass is 32.2. The Bertz CT molecular complexity index is 647. The average molecular weight is 331 g/mol. The van der Waals surface area contributed by atoms with E-state index in [9.17, 15) is 17.2 Å². The first-order valence-corrected chi connectivity index (χ1v) is 8.83. The molecule has 1 aromatic rings. The summed E-state index contributed by atoms with van der Waals surface area (Å²) < 4.78 is 53.4. The van der Waals surface area contributed by atoms with Crippen molar-refractivity contribution in [2.75, 3.05) is 39.3 Å². The molecule has 3 rings (SSSR count). The maximum Gasteiger partial charge on any atom is 0.246 e. The van der Waals surface area contributed by atoms with Crippen LogP contribution in [-0.4, -0.2) is 62.9 Å². The van der Waals surface area contributed by atoms with Gasteiger partial charge in [0.05, 0.1) is 0 Å². The molecule has 2 aliphatic heterocycles. The fraction of sp³-hybridized carbons (Fsp3) is 0.571. The van der Waals surface area contributed by atoms with Crippen LogP contribution in [0.5, 0.6) is 0 Å². The number of nitrogens with zero attached hydrogens (tertiary/aromatic N) is 2. The lowest BCUT2D eigenvalue weighted by Crippen LogP contribution is -2.49. The van der Waals surface area contributed by atoms with E-state index in [1.165, 1.54) is 10.4 Å². The summed E-state index contributed by atoms with van der Waals surface area (Å²) in [7, 11) is -3.99. The Morgan fingerprint density at radius 3 is 2.59 bits per heavy atom. The van der Waals surface area contributed by atoms with Crippen LogP contribution in [0.1, 0.15) is 6.42 Å². The lowest BCUT2D eigenvalue weighted by Gasteiger charge is -2.32. The number of piperazine rings is 1. The number of hydrogen-bond donors (Lipinski definition) is 1. The molecule has 122 valence electrons. The van der Waals surface area contributed by atoms with Gasteiger partial charge in [-0.3, -0.25) is 4.90 Å². The van der Waals surface area contributed by atoms with Gasteiger partial charge in [0.2, 0.25) is 10.0 Å². The quantitative estimate of drug-likeness (QED) is 0.883. The maximum atomic E-state index is 13.8. The van der Waals surface area contributed by atoms with Crippen LogP contribution in [0, 0.1) is 11.6 Å². The molecule has 0 radical (unpaired) electrons. The minimum atomic E-state index is -3.99. The molecule has 0 aliphatic carbocycles. The van der Waals surface area contributed by atoms with Crippen LogP contribution in [0.15, 0.2) is 23.1 Å². The predicted molar refractivity (Wildman–Crippen MR) is 78.0 cm³/mol. The van der Waals surface area contributed by atoms with Crippen molar-refractivity contribution < 1.29 is 17.2 Å². The molecule has 0 amide bonds. The molecular formula is C14H19F2N3O2S. The molecule has 1 atom stereocenters. The number of rotatable bonds is 3. The fourth-order valence-corrected chi connectivity index (χ4v) is 4.66. The lowest BCUT2D eigenvalue weighted by atomic mass is 10.2. The second-order valence-corrected chi connectivity index (χ2v) is 7.55. The molecule has 1 unspecified atom stereocenters. The summed E-state index contributed by atoms with van der Waals surface area (Å²) in [6.07, 6.45) is 0.718. The van der Waals surface area contributed by atoms with Crippen LogP contribution in [0.2, 0.25) is 0 Å². The van der Waals surface area contributed by atoms with Crippen molar-refractivity contribution in [2.24, 2.45) is 0 Å². The Morgan fingerprint density at radius 2 is 1.86 bits per heavy atom. The van der Waals surface area contributed by atoms with Crippen molar-refractivity contribution in [3.8, 4) is 0 Å². The van der Waals surface area contributed by atoms with Gasteiger partial charge in [-0.15, -0.1) is 0 Å². The minimum absolute atomic E-state index is 0.147. The summed E-state index contributed by atoms with van der Waals surface area (Å²) in [4.78, 5) is 1.68. The van der Waals surface area contributed by atoms with Crippen LogP contribution in [0.4, 0.5) is 8.78 Å². The smallest absolute Gasteiger partial charge is 0.246 e.